The highest BCUT2D eigenvalue weighted by atomic mass is 16.6. The van der Waals surface area contributed by atoms with E-state index in [4.69, 9.17) is 18.9 Å². The molecule has 0 aliphatic carbocycles. The zero-order valence-electron chi connectivity index (χ0n) is 16.0. The molecule has 0 aromatic heterocycles. The van der Waals surface area contributed by atoms with Gasteiger partial charge < -0.3 is 18.9 Å². The molecule has 0 bridgehead atoms. The fraction of sp³-hybridized carbons (Fsp3) is 0.600. The number of para-hydroxylation sites is 1. The fourth-order valence-corrected chi connectivity index (χ4v) is 2.42. The summed E-state index contributed by atoms with van der Waals surface area (Å²) in [6.45, 7) is 2.61. The minimum absolute atomic E-state index is 0.118. The molecule has 0 amide bonds. The third-order valence-corrected chi connectivity index (χ3v) is 3.87. The van der Waals surface area contributed by atoms with Gasteiger partial charge in [-0.3, -0.25) is 9.59 Å². The Balaban J connectivity index is 2.28. The molecule has 0 saturated carbocycles. The molecule has 0 saturated heterocycles. The smallest absolute Gasteiger partial charge is 0.311 e. The van der Waals surface area contributed by atoms with Crippen molar-refractivity contribution < 1.29 is 28.5 Å². The molecular formula is C20H30O6. The van der Waals surface area contributed by atoms with E-state index in [9.17, 15) is 9.59 Å². The SMILES string of the molecule is CCCCCCCOC(=O)CCCC(=O)Oc1c(OC)cccc1OC. The lowest BCUT2D eigenvalue weighted by molar-refractivity contribution is -0.144. The highest BCUT2D eigenvalue weighted by Gasteiger charge is 2.16. The predicted molar refractivity (Wildman–Crippen MR) is 98.8 cm³/mol. The van der Waals surface area contributed by atoms with Gasteiger partial charge in [-0.2, -0.15) is 0 Å². The molecule has 0 aliphatic rings. The van der Waals surface area contributed by atoms with Crippen LogP contribution in [0.15, 0.2) is 18.2 Å². The number of unbranched alkanes of at least 4 members (excludes halogenated alkanes) is 4. The van der Waals surface area contributed by atoms with E-state index < -0.39 is 5.97 Å². The first kappa shape index (κ1) is 21.8. The number of ether oxygens (including phenoxy) is 4. The third-order valence-electron chi connectivity index (χ3n) is 3.87. The Morgan fingerprint density at radius 2 is 1.46 bits per heavy atom. The zero-order valence-corrected chi connectivity index (χ0v) is 16.0. The van der Waals surface area contributed by atoms with Crippen LogP contribution in [0.5, 0.6) is 17.2 Å². The zero-order chi connectivity index (χ0) is 19.2. The van der Waals surface area contributed by atoms with Crippen molar-refractivity contribution in [3.05, 3.63) is 18.2 Å². The molecule has 0 atom stereocenters. The standard InChI is InChI=1S/C20H30O6/c1-4-5-6-7-8-15-25-18(21)13-10-14-19(22)26-20-16(23-2)11-9-12-17(20)24-3/h9,11-12H,4-8,10,13-15H2,1-3H3. The van der Waals surface area contributed by atoms with Gasteiger partial charge in [0, 0.05) is 12.8 Å². The Bertz CT molecular complexity index is 533. The summed E-state index contributed by atoms with van der Waals surface area (Å²) in [5.41, 5.74) is 0. The molecule has 0 heterocycles. The summed E-state index contributed by atoms with van der Waals surface area (Å²) in [6.07, 6.45) is 6.25. The minimum Gasteiger partial charge on any atom is -0.493 e. The summed E-state index contributed by atoms with van der Waals surface area (Å²) in [5.74, 6) is 0.362. The average Bonchev–Trinajstić information content (AvgIpc) is 2.64. The average molecular weight is 366 g/mol. The first-order valence-corrected chi connectivity index (χ1v) is 9.19. The van der Waals surface area contributed by atoms with Crippen LogP contribution >= 0.6 is 0 Å². The van der Waals surface area contributed by atoms with Gasteiger partial charge in [-0.05, 0) is 25.0 Å². The molecule has 1 aromatic carbocycles. The van der Waals surface area contributed by atoms with Crippen LogP contribution < -0.4 is 14.2 Å². The molecule has 0 fully saturated rings. The molecular weight excluding hydrogens is 336 g/mol. The molecule has 0 radical (unpaired) electrons. The first-order chi connectivity index (χ1) is 12.6. The van der Waals surface area contributed by atoms with E-state index >= 15 is 0 Å². The maximum Gasteiger partial charge on any atom is 0.311 e. The second-order valence-electron chi connectivity index (χ2n) is 5.95. The minimum atomic E-state index is -0.444. The largest absolute Gasteiger partial charge is 0.493 e. The van der Waals surface area contributed by atoms with Crippen molar-refractivity contribution in [2.45, 2.75) is 58.3 Å². The van der Waals surface area contributed by atoms with Gasteiger partial charge in [0.1, 0.15) is 0 Å². The van der Waals surface area contributed by atoms with E-state index in [0.29, 0.717) is 24.5 Å². The number of carbonyl (C=O) groups excluding carboxylic acids is 2. The third kappa shape index (κ3) is 8.23. The topological polar surface area (TPSA) is 71.1 Å². The van der Waals surface area contributed by atoms with Crippen LogP contribution in [0.3, 0.4) is 0 Å². The van der Waals surface area contributed by atoms with Crippen LogP contribution in [-0.2, 0) is 14.3 Å². The number of benzene rings is 1. The van der Waals surface area contributed by atoms with Gasteiger partial charge in [-0.25, -0.2) is 0 Å². The molecule has 1 rings (SSSR count). The molecule has 0 unspecified atom stereocenters. The number of hydrogen-bond acceptors (Lipinski definition) is 6. The number of carbonyl (C=O) groups is 2. The van der Waals surface area contributed by atoms with E-state index in [2.05, 4.69) is 6.92 Å². The van der Waals surface area contributed by atoms with Gasteiger partial charge in [-0.1, -0.05) is 38.7 Å². The van der Waals surface area contributed by atoms with Crippen LogP contribution in [-0.4, -0.2) is 32.8 Å². The molecule has 0 spiro atoms. The second-order valence-corrected chi connectivity index (χ2v) is 5.95. The molecule has 6 heteroatoms. The highest BCUT2D eigenvalue weighted by molar-refractivity contribution is 5.75. The van der Waals surface area contributed by atoms with E-state index in [1.165, 1.54) is 33.5 Å². The lowest BCUT2D eigenvalue weighted by Crippen LogP contribution is -2.11. The van der Waals surface area contributed by atoms with Gasteiger partial charge in [0.2, 0.25) is 5.75 Å². The normalized spacial score (nSPS) is 10.3. The van der Waals surface area contributed by atoms with Crippen molar-refractivity contribution in [1.29, 1.82) is 0 Å². The van der Waals surface area contributed by atoms with Crippen LogP contribution in [0, 0.1) is 0 Å². The van der Waals surface area contributed by atoms with E-state index in [1.54, 1.807) is 18.2 Å². The quantitative estimate of drug-likeness (QED) is 0.295. The van der Waals surface area contributed by atoms with Crippen molar-refractivity contribution in [1.82, 2.24) is 0 Å². The number of methoxy groups -OCH3 is 2. The monoisotopic (exact) mass is 366 g/mol. The van der Waals surface area contributed by atoms with Gasteiger partial charge in [-0.15, -0.1) is 0 Å². The molecule has 0 N–H and O–H groups in total. The van der Waals surface area contributed by atoms with Crippen molar-refractivity contribution in [2.24, 2.45) is 0 Å². The summed E-state index contributed by atoms with van der Waals surface area (Å²) < 4.78 is 20.9. The van der Waals surface area contributed by atoms with E-state index in [-0.39, 0.29) is 24.6 Å². The predicted octanol–water partition coefficient (Wildman–Crippen LogP) is 4.29. The molecule has 26 heavy (non-hydrogen) atoms. The summed E-state index contributed by atoms with van der Waals surface area (Å²) in [6, 6.07) is 5.11. The second kappa shape index (κ2) is 13.0. The van der Waals surface area contributed by atoms with Crippen LogP contribution in [0.4, 0.5) is 0 Å². The lowest BCUT2D eigenvalue weighted by atomic mass is 10.2. The number of esters is 2. The number of hydrogen-bond donors (Lipinski definition) is 0. The first-order valence-electron chi connectivity index (χ1n) is 9.19. The van der Waals surface area contributed by atoms with Gasteiger partial charge in [0.15, 0.2) is 11.5 Å². The van der Waals surface area contributed by atoms with Gasteiger partial charge in [0.25, 0.3) is 0 Å². The lowest BCUT2D eigenvalue weighted by Gasteiger charge is -2.12. The maximum absolute atomic E-state index is 12.0. The molecule has 1 aromatic rings. The van der Waals surface area contributed by atoms with Crippen molar-refractivity contribution in [2.75, 3.05) is 20.8 Å². The summed E-state index contributed by atoms with van der Waals surface area (Å²) in [5, 5.41) is 0. The van der Waals surface area contributed by atoms with E-state index in [0.717, 1.165) is 12.8 Å². The Labute approximate surface area is 155 Å². The van der Waals surface area contributed by atoms with Crippen molar-refractivity contribution in [3.8, 4) is 17.2 Å². The van der Waals surface area contributed by atoms with E-state index in [1.807, 2.05) is 0 Å². The number of rotatable bonds is 13. The molecule has 6 nitrogen and oxygen atoms in total. The Morgan fingerprint density at radius 3 is 2.08 bits per heavy atom. The summed E-state index contributed by atoms with van der Waals surface area (Å²) in [7, 11) is 2.98. The Kier molecular flexibility index (Phi) is 10.9. The maximum atomic E-state index is 12.0. The molecule has 146 valence electrons. The van der Waals surface area contributed by atoms with Crippen molar-refractivity contribution >= 4 is 11.9 Å². The van der Waals surface area contributed by atoms with Crippen LogP contribution in [0.1, 0.15) is 58.3 Å². The fourth-order valence-electron chi connectivity index (χ4n) is 2.42. The molecule has 0 aliphatic heterocycles. The Morgan fingerprint density at radius 1 is 0.846 bits per heavy atom. The Hall–Kier alpha value is -2.24. The van der Waals surface area contributed by atoms with Gasteiger partial charge >= 0.3 is 11.9 Å². The van der Waals surface area contributed by atoms with Gasteiger partial charge in [0.05, 0.1) is 20.8 Å². The van der Waals surface area contributed by atoms with Crippen LogP contribution in [0.25, 0.3) is 0 Å². The van der Waals surface area contributed by atoms with Crippen LogP contribution in [0.2, 0.25) is 0 Å². The highest BCUT2D eigenvalue weighted by Crippen LogP contribution is 2.37. The van der Waals surface area contributed by atoms with Crippen molar-refractivity contribution in [3.63, 3.8) is 0 Å². The summed E-state index contributed by atoms with van der Waals surface area (Å²) in [4.78, 5) is 23.7. The summed E-state index contributed by atoms with van der Waals surface area (Å²) >= 11 is 0.